The number of hydrogen-bond donors (Lipinski definition) is 1. The first-order valence-corrected chi connectivity index (χ1v) is 11.2. The summed E-state index contributed by atoms with van der Waals surface area (Å²) < 4.78 is 2.34. The van der Waals surface area contributed by atoms with Crippen molar-refractivity contribution in [1.29, 1.82) is 0 Å². The number of pyridine rings is 1. The summed E-state index contributed by atoms with van der Waals surface area (Å²) in [5.41, 5.74) is 7.23. The average molecular weight is 434 g/mol. The lowest BCUT2D eigenvalue weighted by Gasteiger charge is -2.29. The van der Waals surface area contributed by atoms with Gasteiger partial charge in [-0.25, -0.2) is 0 Å². The van der Waals surface area contributed by atoms with Gasteiger partial charge in [-0.2, -0.15) is 0 Å². The molecule has 0 radical (unpaired) electrons. The Bertz CT molecular complexity index is 1060. The zero-order valence-electron chi connectivity index (χ0n) is 19.0. The van der Waals surface area contributed by atoms with Crippen LogP contribution >= 0.6 is 12.2 Å². The monoisotopic (exact) mass is 433 g/mol. The van der Waals surface area contributed by atoms with Crippen molar-refractivity contribution >= 4 is 17.3 Å². The maximum atomic E-state index is 5.80. The molecule has 0 aliphatic carbocycles. The van der Waals surface area contributed by atoms with E-state index >= 15 is 0 Å². The molecule has 3 aromatic rings. The van der Waals surface area contributed by atoms with Crippen LogP contribution in [0.4, 0.5) is 0 Å². The molecule has 2 unspecified atom stereocenters. The van der Waals surface area contributed by atoms with E-state index in [1.165, 1.54) is 28.2 Å². The number of aromatic nitrogens is 2. The number of likely N-dealkylation sites (N-methyl/N-ethyl adjacent to an activating group) is 1. The first-order chi connectivity index (χ1) is 14.9. The van der Waals surface area contributed by atoms with Gasteiger partial charge in [-0.1, -0.05) is 23.8 Å². The predicted molar refractivity (Wildman–Crippen MR) is 131 cm³/mol. The lowest BCUT2D eigenvalue weighted by molar-refractivity contribution is 0.277. The second kappa shape index (κ2) is 8.81. The first kappa shape index (κ1) is 21.5. The highest BCUT2D eigenvalue weighted by Gasteiger charge is 2.41. The van der Waals surface area contributed by atoms with Crippen LogP contribution in [0.1, 0.15) is 40.3 Å². The Balaban J connectivity index is 1.80. The molecular weight excluding hydrogens is 402 g/mol. The van der Waals surface area contributed by atoms with E-state index < -0.39 is 0 Å². The Morgan fingerprint density at radius 2 is 1.81 bits per heavy atom. The molecule has 162 valence electrons. The van der Waals surface area contributed by atoms with Crippen LogP contribution in [0.5, 0.6) is 0 Å². The smallest absolute Gasteiger partial charge is 0.170 e. The van der Waals surface area contributed by atoms with E-state index in [9.17, 15) is 0 Å². The summed E-state index contributed by atoms with van der Waals surface area (Å²) in [6.45, 7) is 8.31. The number of benzene rings is 1. The van der Waals surface area contributed by atoms with E-state index in [2.05, 4.69) is 95.9 Å². The van der Waals surface area contributed by atoms with E-state index in [1.54, 1.807) is 0 Å². The van der Waals surface area contributed by atoms with Gasteiger partial charge in [0.1, 0.15) is 0 Å². The van der Waals surface area contributed by atoms with Crippen LogP contribution in [0.3, 0.4) is 0 Å². The molecule has 5 nitrogen and oxygen atoms in total. The van der Waals surface area contributed by atoms with Crippen LogP contribution in [0.2, 0.25) is 0 Å². The number of thiocarbonyl (C=S) groups is 1. The molecule has 0 amide bonds. The van der Waals surface area contributed by atoms with Gasteiger partial charge in [0.05, 0.1) is 17.8 Å². The summed E-state index contributed by atoms with van der Waals surface area (Å²) in [5, 5.41) is 4.36. The van der Waals surface area contributed by atoms with Crippen molar-refractivity contribution in [3.05, 3.63) is 82.9 Å². The highest BCUT2D eigenvalue weighted by atomic mass is 32.1. The van der Waals surface area contributed by atoms with Gasteiger partial charge in [-0.15, -0.1) is 0 Å². The molecule has 1 fully saturated rings. The molecule has 0 saturated carbocycles. The van der Waals surface area contributed by atoms with Gasteiger partial charge < -0.3 is 19.7 Å². The normalized spacial score (nSPS) is 18.6. The SMILES string of the molecule is Cc1ccc(-n2c(C)cc(C3C(c4ccccn4)NC(=S)N3CCN(C)C)c2C)cc1. The Hall–Kier alpha value is -2.70. The molecule has 3 heterocycles. The molecular formula is C25H31N5S. The van der Waals surface area contributed by atoms with Gasteiger partial charge in [-0.3, -0.25) is 4.98 Å². The molecule has 1 aromatic carbocycles. The van der Waals surface area contributed by atoms with Crippen molar-refractivity contribution in [2.75, 3.05) is 27.2 Å². The average Bonchev–Trinajstić information content (AvgIpc) is 3.23. The molecule has 4 rings (SSSR count). The molecule has 0 spiro atoms. The molecule has 1 aliphatic rings. The van der Waals surface area contributed by atoms with E-state index in [1.807, 2.05) is 18.3 Å². The summed E-state index contributed by atoms with van der Waals surface area (Å²) in [6, 6.07) is 17.2. The summed E-state index contributed by atoms with van der Waals surface area (Å²) in [6.07, 6.45) is 1.86. The second-order valence-electron chi connectivity index (χ2n) is 8.62. The fraction of sp³-hybridized carbons (Fsp3) is 0.360. The zero-order chi connectivity index (χ0) is 22.1. The van der Waals surface area contributed by atoms with Crippen LogP contribution in [-0.4, -0.2) is 51.6 Å². The quantitative estimate of drug-likeness (QED) is 0.586. The Labute approximate surface area is 190 Å². The summed E-state index contributed by atoms with van der Waals surface area (Å²) in [7, 11) is 4.20. The standard InChI is InChI=1S/C25H31N5S/c1-17-9-11-20(12-10-17)30-18(2)16-21(19(30)3)24-23(22-8-6-7-13-26-22)27-25(31)29(24)15-14-28(4)5/h6-13,16,23-24H,14-15H2,1-5H3,(H,27,31). The second-order valence-corrected chi connectivity index (χ2v) is 9.01. The number of nitrogens with one attached hydrogen (secondary N) is 1. The molecule has 1 N–H and O–H groups in total. The van der Waals surface area contributed by atoms with E-state index in [0.29, 0.717) is 0 Å². The summed E-state index contributed by atoms with van der Waals surface area (Å²) >= 11 is 5.80. The Morgan fingerprint density at radius 3 is 2.45 bits per heavy atom. The van der Waals surface area contributed by atoms with E-state index in [0.717, 1.165) is 23.9 Å². The highest BCUT2D eigenvalue weighted by molar-refractivity contribution is 7.80. The topological polar surface area (TPSA) is 36.3 Å². The number of hydrogen-bond acceptors (Lipinski definition) is 3. The minimum atomic E-state index is 0.0165. The van der Waals surface area contributed by atoms with Crippen LogP contribution in [0, 0.1) is 20.8 Å². The molecule has 1 aliphatic heterocycles. The third-order valence-corrected chi connectivity index (χ3v) is 6.42. The van der Waals surface area contributed by atoms with Crippen molar-refractivity contribution < 1.29 is 0 Å². The minimum absolute atomic E-state index is 0.0165. The Kier molecular flexibility index (Phi) is 6.12. The molecule has 6 heteroatoms. The van der Waals surface area contributed by atoms with Gasteiger partial charge >= 0.3 is 0 Å². The van der Waals surface area contributed by atoms with Crippen molar-refractivity contribution in [2.45, 2.75) is 32.9 Å². The maximum absolute atomic E-state index is 5.80. The van der Waals surface area contributed by atoms with Crippen molar-refractivity contribution in [3.8, 4) is 5.69 Å². The molecule has 2 atom stereocenters. The minimum Gasteiger partial charge on any atom is -0.352 e. The third-order valence-electron chi connectivity index (χ3n) is 6.07. The van der Waals surface area contributed by atoms with E-state index in [4.69, 9.17) is 12.2 Å². The number of rotatable bonds is 6. The maximum Gasteiger partial charge on any atom is 0.170 e. The van der Waals surface area contributed by atoms with E-state index in [-0.39, 0.29) is 12.1 Å². The molecule has 31 heavy (non-hydrogen) atoms. The van der Waals surface area contributed by atoms with Crippen molar-refractivity contribution in [1.82, 2.24) is 24.7 Å². The van der Waals surface area contributed by atoms with Gasteiger partial charge in [0, 0.05) is 36.4 Å². The number of nitrogens with zero attached hydrogens (tertiary/aromatic N) is 4. The number of aryl methyl sites for hydroxylation is 2. The third kappa shape index (κ3) is 4.23. The van der Waals surface area contributed by atoms with Crippen LogP contribution < -0.4 is 5.32 Å². The van der Waals surface area contributed by atoms with Crippen LogP contribution in [0.15, 0.2) is 54.7 Å². The summed E-state index contributed by atoms with van der Waals surface area (Å²) in [5.74, 6) is 0. The highest BCUT2D eigenvalue weighted by Crippen LogP contribution is 2.41. The fourth-order valence-corrected chi connectivity index (χ4v) is 4.80. The first-order valence-electron chi connectivity index (χ1n) is 10.8. The van der Waals surface area contributed by atoms with Gasteiger partial charge in [0.25, 0.3) is 0 Å². The molecule has 0 bridgehead atoms. The van der Waals surface area contributed by atoms with Gasteiger partial charge in [0.15, 0.2) is 5.11 Å². The van der Waals surface area contributed by atoms with Crippen LogP contribution in [-0.2, 0) is 0 Å². The van der Waals surface area contributed by atoms with Gasteiger partial charge in [-0.05, 0) is 83.0 Å². The largest absolute Gasteiger partial charge is 0.352 e. The van der Waals surface area contributed by atoms with Crippen molar-refractivity contribution in [2.24, 2.45) is 0 Å². The van der Waals surface area contributed by atoms with Gasteiger partial charge in [0.2, 0.25) is 0 Å². The lowest BCUT2D eigenvalue weighted by Crippen LogP contribution is -2.35. The fourth-order valence-electron chi connectivity index (χ4n) is 4.47. The lowest BCUT2D eigenvalue weighted by atomic mass is 9.96. The molecule has 1 saturated heterocycles. The Morgan fingerprint density at radius 1 is 1.06 bits per heavy atom. The molecule has 2 aromatic heterocycles. The van der Waals surface area contributed by atoms with Crippen molar-refractivity contribution in [3.63, 3.8) is 0 Å². The summed E-state index contributed by atoms with van der Waals surface area (Å²) in [4.78, 5) is 9.19. The zero-order valence-corrected chi connectivity index (χ0v) is 19.8. The predicted octanol–water partition coefficient (Wildman–Crippen LogP) is 4.33. The van der Waals surface area contributed by atoms with Crippen LogP contribution in [0.25, 0.3) is 5.69 Å².